The monoisotopic (exact) mass is 432 g/mol. The van der Waals surface area contributed by atoms with Gasteiger partial charge < -0.3 is 19.7 Å². The van der Waals surface area contributed by atoms with Gasteiger partial charge in [-0.1, -0.05) is 48.5 Å². The summed E-state index contributed by atoms with van der Waals surface area (Å²) < 4.78 is 11.3. The van der Waals surface area contributed by atoms with Crippen molar-refractivity contribution in [2.75, 3.05) is 31.6 Å². The lowest BCUT2D eigenvalue weighted by Gasteiger charge is -2.35. The standard InChI is InChI=1S/C27H32N2O3/c1-4-31-27(30)15-13-20-12-14-26-25(16-20)29(3)18-22(32-26)17-28-19(2)23-11-7-9-21-8-5-6-10-24(21)23/h5-12,14,16,19,22,28H,4,13,15,17-18H2,1-3H3/t19-,22?/m1/s1. The molecule has 3 aromatic rings. The molecule has 1 heterocycles. The third kappa shape index (κ3) is 5.05. The molecular weight excluding hydrogens is 400 g/mol. The van der Waals surface area contributed by atoms with Crippen LogP contribution < -0.4 is 15.0 Å². The van der Waals surface area contributed by atoms with Crippen LogP contribution in [0.25, 0.3) is 10.8 Å². The topological polar surface area (TPSA) is 50.8 Å². The predicted octanol–water partition coefficient (Wildman–Crippen LogP) is 4.88. The number of fused-ring (bicyclic) bond motifs is 2. The Morgan fingerprint density at radius 2 is 2.00 bits per heavy atom. The van der Waals surface area contributed by atoms with Crippen LogP contribution in [0.2, 0.25) is 0 Å². The van der Waals surface area contributed by atoms with Crippen LogP contribution >= 0.6 is 0 Å². The summed E-state index contributed by atoms with van der Waals surface area (Å²) >= 11 is 0. The number of ether oxygens (including phenoxy) is 2. The second-order valence-electron chi connectivity index (χ2n) is 8.43. The molecule has 1 aliphatic rings. The average Bonchev–Trinajstić information content (AvgIpc) is 2.81. The van der Waals surface area contributed by atoms with Crippen molar-refractivity contribution in [2.24, 2.45) is 0 Å². The minimum atomic E-state index is -0.152. The Morgan fingerprint density at radius 1 is 1.19 bits per heavy atom. The molecule has 0 bridgehead atoms. The fourth-order valence-electron chi connectivity index (χ4n) is 4.37. The van der Waals surface area contributed by atoms with Crippen LogP contribution in [0.15, 0.2) is 60.7 Å². The quantitative estimate of drug-likeness (QED) is 0.514. The zero-order valence-electron chi connectivity index (χ0n) is 19.1. The third-order valence-corrected chi connectivity index (χ3v) is 6.07. The minimum Gasteiger partial charge on any atom is -0.485 e. The van der Waals surface area contributed by atoms with Crippen LogP contribution in [0.3, 0.4) is 0 Å². The lowest BCUT2D eigenvalue weighted by molar-refractivity contribution is -0.143. The van der Waals surface area contributed by atoms with Gasteiger partial charge in [0.1, 0.15) is 11.9 Å². The van der Waals surface area contributed by atoms with Gasteiger partial charge in [-0.15, -0.1) is 0 Å². The Morgan fingerprint density at radius 3 is 2.84 bits per heavy atom. The third-order valence-electron chi connectivity index (χ3n) is 6.07. The van der Waals surface area contributed by atoms with Crippen molar-refractivity contribution in [1.82, 2.24) is 5.32 Å². The Hall–Kier alpha value is -3.05. The van der Waals surface area contributed by atoms with E-state index in [-0.39, 0.29) is 18.1 Å². The second-order valence-corrected chi connectivity index (χ2v) is 8.43. The Bertz CT molecular complexity index is 1080. The van der Waals surface area contributed by atoms with E-state index in [0.29, 0.717) is 19.4 Å². The molecule has 3 aromatic carbocycles. The number of hydrogen-bond acceptors (Lipinski definition) is 5. The molecule has 1 unspecified atom stereocenters. The molecule has 0 fully saturated rings. The molecule has 0 spiro atoms. The van der Waals surface area contributed by atoms with E-state index < -0.39 is 0 Å². The number of carbonyl (C=O) groups is 1. The number of carbonyl (C=O) groups excluding carboxylic acids is 1. The lowest BCUT2D eigenvalue weighted by atomic mass is 9.99. The van der Waals surface area contributed by atoms with Crippen molar-refractivity contribution in [1.29, 1.82) is 0 Å². The summed E-state index contributed by atoms with van der Waals surface area (Å²) in [7, 11) is 2.09. The number of rotatable bonds is 8. The normalized spacial score (nSPS) is 16.3. The smallest absolute Gasteiger partial charge is 0.306 e. The fraction of sp³-hybridized carbons (Fsp3) is 0.370. The highest BCUT2D eigenvalue weighted by Crippen LogP contribution is 2.34. The molecule has 0 aromatic heterocycles. The van der Waals surface area contributed by atoms with Gasteiger partial charge in [0.15, 0.2) is 0 Å². The number of likely N-dealkylation sites (N-methyl/N-ethyl adjacent to an activating group) is 1. The number of anilines is 1. The van der Waals surface area contributed by atoms with Gasteiger partial charge in [0.25, 0.3) is 0 Å². The molecule has 32 heavy (non-hydrogen) atoms. The highest BCUT2D eigenvalue weighted by atomic mass is 16.5. The Balaban J connectivity index is 1.37. The largest absolute Gasteiger partial charge is 0.485 e. The number of aryl methyl sites for hydroxylation is 1. The molecule has 0 saturated carbocycles. The minimum absolute atomic E-state index is 0.0651. The predicted molar refractivity (Wildman–Crippen MR) is 129 cm³/mol. The van der Waals surface area contributed by atoms with Gasteiger partial charge in [-0.2, -0.15) is 0 Å². The first-order valence-electron chi connectivity index (χ1n) is 11.4. The number of nitrogens with zero attached hydrogens (tertiary/aromatic N) is 1. The molecular formula is C27H32N2O3. The van der Waals surface area contributed by atoms with Gasteiger partial charge >= 0.3 is 5.97 Å². The van der Waals surface area contributed by atoms with Gasteiger partial charge in [0, 0.05) is 26.1 Å². The van der Waals surface area contributed by atoms with Crippen molar-refractivity contribution >= 4 is 22.4 Å². The molecule has 2 atom stereocenters. The van der Waals surface area contributed by atoms with Gasteiger partial charge in [-0.25, -0.2) is 0 Å². The zero-order valence-corrected chi connectivity index (χ0v) is 19.1. The molecule has 0 aliphatic carbocycles. The van der Waals surface area contributed by atoms with Crippen LogP contribution in [0.1, 0.15) is 37.4 Å². The van der Waals surface area contributed by atoms with E-state index in [4.69, 9.17) is 9.47 Å². The SMILES string of the molecule is CCOC(=O)CCc1ccc2c(c1)N(C)CC(CN[C@H](C)c1cccc3ccccc13)O2. The molecule has 1 N–H and O–H groups in total. The van der Waals surface area contributed by atoms with E-state index >= 15 is 0 Å². The van der Waals surface area contributed by atoms with E-state index in [0.717, 1.165) is 30.1 Å². The summed E-state index contributed by atoms with van der Waals surface area (Å²) in [5.74, 6) is 0.740. The Labute approximate surface area is 190 Å². The van der Waals surface area contributed by atoms with Crippen molar-refractivity contribution in [3.05, 3.63) is 71.8 Å². The van der Waals surface area contributed by atoms with E-state index in [9.17, 15) is 4.79 Å². The highest BCUT2D eigenvalue weighted by Gasteiger charge is 2.24. The van der Waals surface area contributed by atoms with Crippen LogP contribution in [0, 0.1) is 0 Å². The number of esters is 1. The first kappa shape index (κ1) is 22.2. The molecule has 5 nitrogen and oxygen atoms in total. The maximum Gasteiger partial charge on any atom is 0.306 e. The summed E-state index contributed by atoms with van der Waals surface area (Å²) in [6.45, 7) is 6.03. The van der Waals surface area contributed by atoms with Crippen molar-refractivity contribution in [2.45, 2.75) is 38.8 Å². The number of benzene rings is 3. The molecule has 0 radical (unpaired) electrons. The van der Waals surface area contributed by atoms with E-state index in [1.807, 2.05) is 19.1 Å². The van der Waals surface area contributed by atoms with E-state index in [1.165, 1.54) is 16.3 Å². The molecule has 168 valence electrons. The first-order chi connectivity index (χ1) is 15.5. The van der Waals surface area contributed by atoms with Gasteiger partial charge in [0.05, 0.1) is 18.8 Å². The zero-order chi connectivity index (χ0) is 22.5. The molecule has 0 saturated heterocycles. The van der Waals surface area contributed by atoms with Crippen LogP contribution in [0.4, 0.5) is 5.69 Å². The maximum atomic E-state index is 11.6. The number of nitrogens with one attached hydrogen (secondary N) is 1. The fourth-order valence-corrected chi connectivity index (χ4v) is 4.37. The Kier molecular flexibility index (Phi) is 6.96. The average molecular weight is 433 g/mol. The van der Waals surface area contributed by atoms with Crippen molar-refractivity contribution in [3.8, 4) is 5.75 Å². The molecule has 1 aliphatic heterocycles. The number of hydrogen-bond donors (Lipinski definition) is 1. The van der Waals surface area contributed by atoms with Crippen LogP contribution in [0.5, 0.6) is 5.75 Å². The molecule has 5 heteroatoms. The first-order valence-corrected chi connectivity index (χ1v) is 11.4. The summed E-state index contributed by atoms with van der Waals surface area (Å²) in [6.07, 6.45) is 1.14. The van der Waals surface area contributed by atoms with E-state index in [1.54, 1.807) is 0 Å². The van der Waals surface area contributed by atoms with Crippen molar-refractivity contribution in [3.63, 3.8) is 0 Å². The lowest BCUT2D eigenvalue weighted by Crippen LogP contribution is -2.44. The van der Waals surface area contributed by atoms with E-state index in [2.05, 4.69) is 72.7 Å². The van der Waals surface area contributed by atoms with Crippen molar-refractivity contribution < 1.29 is 14.3 Å². The van der Waals surface area contributed by atoms with Crippen LogP contribution in [-0.2, 0) is 16.0 Å². The molecule has 4 rings (SSSR count). The maximum absolute atomic E-state index is 11.6. The van der Waals surface area contributed by atoms with Gasteiger partial charge in [0.2, 0.25) is 0 Å². The summed E-state index contributed by atoms with van der Waals surface area (Å²) in [5.41, 5.74) is 3.50. The summed E-state index contributed by atoms with van der Waals surface area (Å²) in [6, 6.07) is 21.4. The molecule has 0 amide bonds. The van der Waals surface area contributed by atoms with Crippen LogP contribution in [-0.4, -0.2) is 38.8 Å². The second kappa shape index (κ2) is 10.0. The van der Waals surface area contributed by atoms with Gasteiger partial charge in [-0.05, 0) is 54.3 Å². The summed E-state index contributed by atoms with van der Waals surface area (Å²) in [4.78, 5) is 13.9. The highest BCUT2D eigenvalue weighted by molar-refractivity contribution is 5.86. The summed E-state index contributed by atoms with van der Waals surface area (Å²) in [5, 5.41) is 6.22. The van der Waals surface area contributed by atoms with Gasteiger partial charge in [-0.3, -0.25) is 4.79 Å².